The first-order valence-electron chi connectivity index (χ1n) is 11.1. The Labute approximate surface area is 200 Å². The number of fused-ring (bicyclic) bond motifs is 1. The van der Waals surface area contributed by atoms with Crippen molar-refractivity contribution in [1.29, 1.82) is 0 Å². The Hall–Kier alpha value is -3.00. The Kier molecular flexibility index (Phi) is 6.38. The molecule has 0 spiro atoms. The van der Waals surface area contributed by atoms with Crippen molar-refractivity contribution in [3.8, 4) is 0 Å². The Bertz CT molecular complexity index is 1330. The summed E-state index contributed by atoms with van der Waals surface area (Å²) in [6, 6.07) is 6.16. The number of hydrogen-bond acceptors (Lipinski definition) is 5. The number of aromatic carboxylic acids is 1. The molecule has 2 N–H and O–H groups in total. The summed E-state index contributed by atoms with van der Waals surface area (Å²) < 4.78 is 33.7. The lowest BCUT2D eigenvalue weighted by molar-refractivity contribution is -0.0395. The van der Waals surface area contributed by atoms with Gasteiger partial charge in [0.05, 0.1) is 17.1 Å². The number of rotatable bonds is 5. The molecule has 1 aliphatic carbocycles. The number of anilines is 1. The van der Waals surface area contributed by atoms with Gasteiger partial charge in [-0.05, 0) is 57.4 Å². The van der Waals surface area contributed by atoms with E-state index >= 15 is 0 Å². The summed E-state index contributed by atoms with van der Waals surface area (Å²) in [5.41, 5.74) is 2.15. The van der Waals surface area contributed by atoms with Crippen molar-refractivity contribution in [2.24, 2.45) is 0 Å². The molecule has 0 amide bonds. The van der Waals surface area contributed by atoms with Crippen LogP contribution in [0.3, 0.4) is 0 Å². The zero-order valence-electron chi connectivity index (χ0n) is 19.0. The quantitative estimate of drug-likeness (QED) is 0.390. The second-order valence-corrected chi connectivity index (χ2v) is 9.37. The molecule has 1 saturated carbocycles. The highest BCUT2D eigenvalue weighted by Crippen LogP contribution is 2.42. The van der Waals surface area contributed by atoms with E-state index in [2.05, 4.69) is 10.3 Å². The number of halogens is 3. The summed E-state index contributed by atoms with van der Waals surface area (Å²) in [5.74, 6) is -3.72. The van der Waals surface area contributed by atoms with Crippen LogP contribution < -0.4 is 10.7 Å². The first-order valence-corrected chi connectivity index (χ1v) is 11.5. The van der Waals surface area contributed by atoms with Gasteiger partial charge in [0.15, 0.2) is 11.1 Å². The fourth-order valence-corrected chi connectivity index (χ4v) is 4.77. The average molecular weight is 491 g/mol. The summed E-state index contributed by atoms with van der Waals surface area (Å²) in [5, 5.41) is 13.1. The summed E-state index contributed by atoms with van der Waals surface area (Å²) in [7, 11) is 0. The predicted molar refractivity (Wildman–Crippen MR) is 126 cm³/mol. The molecule has 1 atom stereocenters. The van der Waals surface area contributed by atoms with Crippen LogP contribution >= 0.6 is 11.6 Å². The van der Waals surface area contributed by atoms with Crippen LogP contribution in [0.2, 0.25) is 5.15 Å². The number of carbonyl (C=O) groups is 1. The van der Waals surface area contributed by atoms with Crippen molar-refractivity contribution in [1.82, 2.24) is 4.98 Å². The van der Waals surface area contributed by atoms with Crippen molar-refractivity contribution in [3.63, 3.8) is 0 Å². The van der Waals surface area contributed by atoms with Crippen LogP contribution in [0.1, 0.15) is 77.5 Å². The molecular formula is C25H25ClF2N2O4. The molecule has 4 rings (SSSR count). The molecule has 1 aliphatic rings. The Morgan fingerprint density at radius 3 is 2.59 bits per heavy atom. The van der Waals surface area contributed by atoms with Gasteiger partial charge in [0.25, 0.3) is 0 Å². The largest absolute Gasteiger partial charge is 0.476 e. The van der Waals surface area contributed by atoms with E-state index in [-0.39, 0.29) is 53.6 Å². The highest BCUT2D eigenvalue weighted by atomic mass is 35.5. The molecule has 0 aliphatic heterocycles. The molecule has 0 saturated heterocycles. The Balaban J connectivity index is 1.79. The number of nitrogens with zero attached hydrogens (tertiary/aromatic N) is 1. The molecule has 2 aromatic heterocycles. The van der Waals surface area contributed by atoms with Gasteiger partial charge in [-0.1, -0.05) is 17.7 Å². The van der Waals surface area contributed by atoms with Crippen molar-refractivity contribution in [3.05, 3.63) is 67.8 Å². The monoisotopic (exact) mass is 490 g/mol. The lowest BCUT2D eigenvalue weighted by atomic mass is 9.83. The molecule has 0 unspecified atom stereocenters. The van der Waals surface area contributed by atoms with Gasteiger partial charge in [-0.3, -0.25) is 4.79 Å². The second kappa shape index (κ2) is 8.98. The van der Waals surface area contributed by atoms with Crippen LogP contribution in [0.15, 0.2) is 33.5 Å². The van der Waals surface area contributed by atoms with Gasteiger partial charge < -0.3 is 14.8 Å². The summed E-state index contributed by atoms with van der Waals surface area (Å²) in [6.45, 7) is 5.35. The molecule has 0 radical (unpaired) electrons. The Morgan fingerprint density at radius 1 is 1.26 bits per heavy atom. The third-order valence-corrected chi connectivity index (χ3v) is 6.63. The third kappa shape index (κ3) is 4.64. The molecule has 9 heteroatoms. The van der Waals surface area contributed by atoms with Gasteiger partial charge in [0.1, 0.15) is 16.5 Å². The van der Waals surface area contributed by atoms with Crippen LogP contribution in [0, 0.1) is 13.8 Å². The SMILES string of the molecule is Cc1cc([C@@H](C)Nc2ccc(Cl)nc2C(=O)O)c2oc(C3CCC(F)(F)CC3)c(C)c(=O)c2c1. The smallest absolute Gasteiger partial charge is 0.356 e. The van der Waals surface area contributed by atoms with Gasteiger partial charge in [-0.2, -0.15) is 0 Å². The van der Waals surface area contributed by atoms with Crippen molar-refractivity contribution in [2.75, 3.05) is 5.32 Å². The van der Waals surface area contributed by atoms with E-state index in [1.807, 2.05) is 19.9 Å². The lowest BCUT2D eigenvalue weighted by Crippen LogP contribution is -2.25. The van der Waals surface area contributed by atoms with E-state index in [1.54, 1.807) is 13.0 Å². The molecule has 1 fully saturated rings. The minimum Gasteiger partial charge on any atom is -0.476 e. The first kappa shape index (κ1) is 24.1. The molecule has 1 aromatic carbocycles. The van der Waals surface area contributed by atoms with E-state index in [4.69, 9.17) is 16.0 Å². The van der Waals surface area contributed by atoms with Crippen LogP contribution in [0.25, 0.3) is 11.0 Å². The number of aryl methyl sites for hydroxylation is 1. The average Bonchev–Trinajstić information content (AvgIpc) is 2.77. The van der Waals surface area contributed by atoms with Crippen molar-refractivity contribution >= 4 is 34.2 Å². The van der Waals surface area contributed by atoms with Crippen molar-refractivity contribution < 1.29 is 23.1 Å². The molecule has 180 valence electrons. The molecule has 3 aromatic rings. The summed E-state index contributed by atoms with van der Waals surface area (Å²) >= 11 is 5.86. The van der Waals surface area contributed by atoms with Crippen LogP contribution in [0.5, 0.6) is 0 Å². The molecule has 2 heterocycles. The number of benzene rings is 1. The van der Waals surface area contributed by atoms with Gasteiger partial charge >= 0.3 is 5.97 Å². The summed E-state index contributed by atoms with van der Waals surface area (Å²) in [6.07, 6.45) is 0.0175. The van der Waals surface area contributed by atoms with Gasteiger partial charge in [0, 0.05) is 29.9 Å². The van der Waals surface area contributed by atoms with Gasteiger partial charge in [-0.25, -0.2) is 18.6 Å². The van der Waals surface area contributed by atoms with E-state index in [9.17, 15) is 23.5 Å². The number of pyridine rings is 1. The molecular weight excluding hydrogens is 466 g/mol. The maximum absolute atomic E-state index is 13.7. The predicted octanol–water partition coefficient (Wildman–Crippen LogP) is 6.62. The van der Waals surface area contributed by atoms with E-state index in [1.165, 1.54) is 12.1 Å². The first-order chi connectivity index (χ1) is 16.0. The normalized spacial score (nSPS) is 17.0. The van der Waals surface area contributed by atoms with Crippen LogP contribution in [-0.2, 0) is 0 Å². The number of carboxylic acids is 1. The zero-order chi connectivity index (χ0) is 24.8. The highest BCUT2D eigenvalue weighted by Gasteiger charge is 2.37. The van der Waals surface area contributed by atoms with Crippen molar-refractivity contribution in [2.45, 2.75) is 64.3 Å². The van der Waals surface area contributed by atoms with Gasteiger partial charge in [0.2, 0.25) is 5.92 Å². The van der Waals surface area contributed by atoms with E-state index < -0.39 is 17.9 Å². The maximum atomic E-state index is 13.7. The van der Waals surface area contributed by atoms with Crippen LogP contribution in [-0.4, -0.2) is 22.0 Å². The number of hydrogen-bond donors (Lipinski definition) is 2. The number of nitrogens with one attached hydrogen (secondary N) is 1. The standard InChI is InChI=1S/C25H25ClF2N2O4/c1-12-10-16(14(3)29-18-4-5-19(26)30-20(18)24(32)33)23-17(11-12)21(31)13(2)22(34-23)15-6-8-25(27,28)9-7-15/h4-5,10-11,14-15,29H,6-9H2,1-3H3,(H,32,33)/t14-/m1/s1. The minimum absolute atomic E-state index is 0.0563. The van der Waals surface area contributed by atoms with Crippen LogP contribution in [0.4, 0.5) is 14.5 Å². The number of aromatic nitrogens is 1. The molecule has 6 nitrogen and oxygen atoms in total. The maximum Gasteiger partial charge on any atom is 0.356 e. The lowest BCUT2D eigenvalue weighted by Gasteiger charge is -2.28. The molecule has 34 heavy (non-hydrogen) atoms. The zero-order valence-corrected chi connectivity index (χ0v) is 19.8. The van der Waals surface area contributed by atoms with E-state index in [0.29, 0.717) is 27.9 Å². The topological polar surface area (TPSA) is 92.4 Å². The summed E-state index contributed by atoms with van der Waals surface area (Å²) in [4.78, 5) is 28.8. The van der Waals surface area contributed by atoms with E-state index in [0.717, 1.165) is 5.56 Å². The fraction of sp³-hybridized carbons (Fsp3) is 0.400. The second-order valence-electron chi connectivity index (χ2n) is 8.98. The highest BCUT2D eigenvalue weighted by molar-refractivity contribution is 6.29. The molecule has 0 bridgehead atoms. The minimum atomic E-state index is -2.68. The Morgan fingerprint density at radius 2 is 1.94 bits per heavy atom. The number of carboxylic acid groups (broad SMARTS) is 1. The van der Waals surface area contributed by atoms with Gasteiger partial charge in [-0.15, -0.1) is 0 Å². The number of alkyl halides is 2. The fourth-order valence-electron chi connectivity index (χ4n) is 4.62. The third-order valence-electron chi connectivity index (χ3n) is 6.42.